The van der Waals surface area contributed by atoms with Crippen LogP contribution in [0.25, 0.3) is 0 Å². The first kappa shape index (κ1) is 56.7. The van der Waals surface area contributed by atoms with Gasteiger partial charge in [-0.3, -0.25) is 18.6 Å². The number of likely N-dealkylation sites (N-methyl/N-ethyl adjacent to an activating group) is 1. The van der Waals surface area contributed by atoms with Crippen molar-refractivity contribution in [1.82, 2.24) is 0 Å². The predicted molar refractivity (Wildman–Crippen MR) is 251 cm³/mol. The zero-order chi connectivity index (χ0) is 44.3. The molecule has 0 radical (unpaired) electrons. The monoisotopic (exact) mass is 857 g/mol. The van der Waals surface area contributed by atoms with Crippen molar-refractivity contribution in [1.29, 1.82) is 0 Å². The van der Waals surface area contributed by atoms with Gasteiger partial charge in [-0.2, -0.15) is 0 Å². The number of phosphoric ester groups is 1. The van der Waals surface area contributed by atoms with Crippen molar-refractivity contribution in [2.24, 2.45) is 0 Å². The van der Waals surface area contributed by atoms with Crippen LogP contribution in [0, 0.1) is 0 Å². The number of unbranched alkanes of at least 4 members (excludes halogenated alkanes) is 7. The highest BCUT2D eigenvalue weighted by Gasteiger charge is 2.27. The van der Waals surface area contributed by atoms with E-state index in [0.29, 0.717) is 23.9 Å². The van der Waals surface area contributed by atoms with E-state index in [4.69, 9.17) is 18.5 Å². The van der Waals surface area contributed by atoms with Crippen LogP contribution in [-0.2, 0) is 32.7 Å². The molecular formula is C50H83NO8P+. The molecule has 9 nitrogen and oxygen atoms in total. The molecule has 340 valence electrons. The minimum atomic E-state index is -4.42. The van der Waals surface area contributed by atoms with E-state index in [9.17, 15) is 19.0 Å². The number of carbonyl (C=O) groups excluding carboxylic acids is 2. The lowest BCUT2D eigenvalue weighted by Crippen LogP contribution is -2.37. The smallest absolute Gasteiger partial charge is 0.462 e. The highest BCUT2D eigenvalue weighted by atomic mass is 31.2. The normalized spacial score (nSPS) is 14.6. The van der Waals surface area contributed by atoms with E-state index < -0.39 is 32.5 Å². The quantitative estimate of drug-likeness (QED) is 0.0214. The van der Waals surface area contributed by atoms with E-state index in [2.05, 4.69) is 105 Å². The molecule has 0 aromatic carbocycles. The lowest BCUT2D eigenvalue weighted by molar-refractivity contribution is -0.870. The summed E-state index contributed by atoms with van der Waals surface area (Å²) in [6, 6.07) is 0. The number of phosphoric acid groups is 1. The lowest BCUT2D eigenvalue weighted by atomic mass is 10.2. The van der Waals surface area contributed by atoms with Crippen LogP contribution in [0.3, 0.4) is 0 Å². The fourth-order valence-electron chi connectivity index (χ4n) is 5.22. The number of allylic oxidation sites excluding steroid dienone is 18. The topological polar surface area (TPSA) is 108 Å². The average molecular weight is 857 g/mol. The van der Waals surface area contributed by atoms with Gasteiger partial charge < -0.3 is 18.9 Å². The van der Waals surface area contributed by atoms with Crippen LogP contribution >= 0.6 is 7.82 Å². The number of rotatable bonds is 39. The largest absolute Gasteiger partial charge is 0.472 e. The fraction of sp³-hybridized carbons (Fsp3) is 0.600. The summed E-state index contributed by atoms with van der Waals surface area (Å²) in [5, 5.41) is 0. The summed E-state index contributed by atoms with van der Waals surface area (Å²) >= 11 is 0. The predicted octanol–water partition coefficient (Wildman–Crippen LogP) is 13.1. The Kier molecular flexibility index (Phi) is 38.8. The molecule has 0 fully saturated rings. The molecule has 0 aliphatic rings. The van der Waals surface area contributed by atoms with Crippen molar-refractivity contribution in [3.63, 3.8) is 0 Å². The fourth-order valence-corrected chi connectivity index (χ4v) is 5.96. The third-order valence-electron chi connectivity index (χ3n) is 8.79. The van der Waals surface area contributed by atoms with E-state index in [1.807, 2.05) is 39.4 Å². The number of hydrogen-bond donors (Lipinski definition) is 1. The van der Waals surface area contributed by atoms with Gasteiger partial charge in [0.1, 0.15) is 19.8 Å². The van der Waals surface area contributed by atoms with Crippen LogP contribution in [0.2, 0.25) is 0 Å². The molecule has 1 N–H and O–H groups in total. The standard InChI is InChI=1S/C50H82NO8P/c1-6-8-10-12-14-16-18-20-22-24-25-27-29-31-33-35-37-39-41-43-50(53)59-48(47-58-60(54,55)57-45-44-51(3,4)5)46-56-49(52)42-40-38-36-34-32-30-28-26-23-21-19-17-15-13-11-9-7-2/h14-17,20-23,25,27-28,30-31,33-34,36-37,39,48H,6-13,18-19,24,26,29,32,35,38,40-47H2,1-5H3/p+1/b16-14+,17-15+,22-20+,23-21+,27-25+,30-28+,33-31+,36-34+,39-37+/t48-/m1/s1. The molecule has 2 atom stereocenters. The van der Waals surface area contributed by atoms with E-state index >= 15 is 0 Å². The first-order valence-electron chi connectivity index (χ1n) is 22.6. The first-order valence-corrected chi connectivity index (χ1v) is 24.1. The summed E-state index contributed by atoms with van der Waals surface area (Å²) in [5.41, 5.74) is 0. The van der Waals surface area contributed by atoms with Crippen LogP contribution in [0.4, 0.5) is 0 Å². The molecule has 0 spiro atoms. The maximum atomic E-state index is 12.7. The molecule has 0 aliphatic carbocycles. The molecule has 0 saturated heterocycles. The number of esters is 2. The number of hydrogen-bond acceptors (Lipinski definition) is 7. The Morgan fingerprint density at radius 3 is 1.33 bits per heavy atom. The van der Waals surface area contributed by atoms with Gasteiger partial charge in [-0.05, 0) is 89.9 Å². The van der Waals surface area contributed by atoms with Crippen LogP contribution < -0.4 is 0 Å². The Morgan fingerprint density at radius 2 is 0.917 bits per heavy atom. The van der Waals surface area contributed by atoms with Gasteiger partial charge in [-0.1, -0.05) is 149 Å². The van der Waals surface area contributed by atoms with E-state index in [0.717, 1.165) is 51.4 Å². The summed E-state index contributed by atoms with van der Waals surface area (Å²) in [4.78, 5) is 35.3. The van der Waals surface area contributed by atoms with Gasteiger partial charge >= 0.3 is 19.8 Å². The Balaban J connectivity index is 4.59. The summed E-state index contributed by atoms with van der Waals surface area (Å²) in [6.07, 6.45) is 55.9. The highest BCUT2D eigenvalue weighted by Crippen LogP contribution is 2.43. The maximum Gasteiger partial charge on any atom is 0.472 e. The number of ether oxygens (including phenoxy) is 2. The zero-order valence-electron chi connectivity index (χ0n) is 38.1. The SMILES string of the molecule is CCCCC/C=C/C/C=C/C/C=C/C/C=C/C/C=C/CCC(=O)O[C@H](COC(=O)CCC/C=C/C/C=C/C/C=C/C/C=C/CCCCC)COP(=O)(O)OCC[N+](C)(C)C. The Bertz CT molecular complexity index is 1380. The molecule has 0 amide bonds. The van der Waals surface area contributed by atoms with E-state index in [1.165, 1.54) is 51.4 Å². The van der Waals surface area contributed by atoms with E-state index in [-0.39, 0.29) is 26.1 Å². The highest BCUT2D eigenvalue weighted by molar-refractivity contribution is 7.47. The second-order valence-electron chi connectivity index (χ2n) is 15.7. The van der Waals surface area contributed by atoms with Gasteiger partial charge in [0.05, 0.1) is 27.7 Å². The molecule has 0 saturated carbocycles. The van der Waals surface area contributed by atoms with Gasteiger partial charge in [0.2, 0.25) is 0 Å². The van der Waals surface area contributed by atoms with E-state index in [1.54, 1.807) is 0 Å². The van der Waals surface area contributed by atoms with Gasteiger partial charge in [0.15, 0.2) is 6.10 Å². The third-order valence-corrected chi connectivity index (χ3v) is 9.77. The average Bonchev–Trinajstić information content (AvgIpc) is 3.20. The number of nitrogens with zero attached hydrogens (tertiary/aromatic N) is 1. The van der Waals surface area contributed by atoms with Crippen molar-refractivity contribution < 1.29 is 42.1 Å². The van der Waals surface area contributed by atoms with Gasteiger partial charge in [-0.25, -0.2) is 4.57 Å². The summed E-state index contributed by atoms with van der Waals surface area (Å²) in [7, 11) is 1.38. The summed E-state index contributed by atoms with van der Waals surface area (Å²) in [6.45, 7) is 4.18. The summed E-state index contributed by atoms with van der Waals surface area (Å²) < 4.78 is 34.1. The Morgan fingerprint density at radius 1 is 0.517 bits per heavy atom. The first-order chi connectivity index (χ1) is 29.0. The molecule has 0 aliphatic heterocycles. The molecule has 0 aromatic heterocycles. The summed E-state index contributed by atoms with van der Waals surface area (Å²) in [5.74, 6) is -0.973. The van der Waals surface area contributed by atoms with Crippen molar-refractivity contribution in [3.05, 3.63) is 109 Å². The lowest BCUT2D eigenvalue weighted by Gasteiger charge is -2.24. The molecule has 10 heteroatoms. The minimum absolute atomic E-state index is 0.00352. The number of quaternary nitrogens is 1. The number of carbonyl (C=O) groups is 2. The van der Waals surface area contributed by atoms with Gasteiger partial charge in [0, 0.05) is 12.8 Å². The molecule has 0 aromatic rings. The van der Waals surface area contributed by atoms with Gasteiger partial charge in [0.25, 0.3) is 0 Å². The van der Waals surface area contributed by atoms with Crippen molar-refractivity contribution in [3.8, 4) is 0 Å². The van der Waals surface area contributed by atoms with Crippen LogP contribution in [0.5, 0.6) is 0 Å². The maximum absolute atomic E-state index is 12.7. The van der Waals surface area contributed by atoms with Gasteiger partial charge in [-0.15, -0.1) is 0 Å². The van der Waals surface area contributed by atoms with Crippen molar-refractivity contribution in [2.45, 2.75) is 148 Å². The minimum Gasteiger partial charge on any atom is -0.462 e. The second-order valence-corrected chi connectivity index (χ2v) is 17.2. The van der Waals surface area contributed by atoms with Crippen LogP contribution in [0.15, 0.2) is 109 Å². The van der Waals surface area contributed by atoms with Crippen molar-refractivity contribution >= 4 is 19.8 Å². The van der Waals surface area contributed by atoms with Crippen LogP contribution in [0.1, 0.15) is 142 Å². The zero-order valence-corrected chi connectivity index (χ0v) is 39.0. The molecule has 60 heavy (non-hydrogen) atoms. The second kappa shape index (κ2) is 41.0. The molecule has 0 heterocycles. The van der Waals surface area contributed by atoms with Crippen molar-refractivity contribution in [2.75, 3.05) is 47.5 Å². The molecule has 0 rings (SSSR count). The molecular weight excluding hydrogens is 774 g/mol. The molecule has 1 unspecified atom stereocenters. The third kappa shape index (κ3) is 44.2. The Hall–Kier alpha value is -3.33. The molecule has 0 bridgehead atoms. The van der Waals surface area contributed by atoms with Crippen LogP contribution in [-0.4, -0.2) is 74.9 Å². The Labute approximate surface area is 366 Å².